The molecule has 0 fully saturated rings. The molecule has 5 heteroatoms. The molecule has 0 amide bonds. The summed E-state index contributed by atoms with van der Waals surface area (Å²) in [5.41, 5.74) is 1.24. The van der Waals surface area contributed by atoms with Crippen molar-refractivity contribution in [2.75, 3.05) is 0 Å². The first-order chi connectivity index (χ1) is 9.61. The second-order valence-electron chi connectivity index (χ2n) is 4.15. The SMILES string of the molecule is CCC(=O)c1ccc(Br)cc1N=[N+]([O-])c1ccccc1. The molecule has 0 radical (unpaired) electrons. The third-order valence-electron chi connectivity index (χ3n) is 2.76. The molecule has 4 nitrogen and oxygen atoms in total. The smallest absolute Gasteiger partial charge is 0.244 e. The summed E-state index contributed by atoms with van der Waals surface area (Å²) >= 11 is 3.32. The van der Waals surface area contributed by atoms with E-state index >= 15 is 0 Å². The van der Waals surface area contributed by atoms with Crippen molar-refractivity contribution in [3.63, 3.8) is 0 Å². The molecule has 2 aromatic carbocycles. The summed E-state index contributed by atoms with van der Waals surface area (Å²) in [6.45, 7) is 1.78. The van der Waals surface area contributed by atoms with Crippen molar-refractivity contribution in [1.82, 2.24) is 0 Å². The van der Waals surface area contributed by atoms with E-state index in [4.69, 9.17) is 0 Å². The molecule has 0 bridgehead atoms. The van der Waals surface area contributed by atoms with E-state index < -0.39 is 0 Å². The molecular formula is C15H13BrN2O2. The van der Waals surface area contributed by atoms with E-state index in [0.717, 1.165) is 4.47 Å². The summed E-state index contributed by atoms with van der Waals surface area (Å²) in [5, 5.41) is 16.0. The topological polar surface area (TPSA) is 55.5 Å². The lowest BCUT2D eigenvalue weighted by Gasteiger charge is -2.04. The predicted octanol–water partition coefficient (Wildman–Crippen LogP) is 4.97. The molecular weight excluding hydrogens is 320 g/mol. The highest BCUT2D eigenvalue weighted by Crippen LogP contribution is 2.27. The minimum atomic E-state index is -0.0438. The van der Waals surface area contributed by atoms with Gasteiger partial charge in [0.15, 0.2) is 5.78 Å². The Balaban J connectivity index is 2.47. The van der Waals surface area contributed by atoms with Gasteiger partial charge in [-0.05, 0) is 18.2 Å². The van der Waals surface area contributed by atoms with Crippen molar-refractivity contribution in [1.29, 1.82) is 0 Å². The van der Waals surface area contributed by atoms with Gasteiger partial charge >= 0.3 is 0 Å². The van der Waals surface area contributed by atoms with Crippen LogP contribution in [-0.2, 0) is 0 Å². The van der Waals surface area contributed by atoms with Gasteiger partial charge in [0, 0.05) is 33.7 Å². The van der Waals surface area contributed by atoms with Gasteiger partial charge in [-0.3, -0.25) is 4.79 Å². The van der Waals surface area contributed by atoms with Crippen molar-refractivity contribution >= 4 is 33.1 Å². The maximum Gasteiger partial charge on any atom is 0.244 e. The Labute approximate surface area is 125 Å². The lowest BCUT2D eigenvalue weighted by atomic mass is 10.1. The zero-order chi connectivity index (χ0) is 14.5. The maximum absolute atomic E-state index is 12.0. The lowest BCUT2D eigenvalue weighted by Crippen LogP contribution is -1.98. The average molecular weight is 333 g/mol. The van der Waals surface area contributed by atoms with Gasteiger partial charge < -0.3 is 5.21 Å². The minimum Gasteiger partial charge on any atom is -0.594 e. The van der Waals surface area contributed by atoms with Crippen LogP contribution >= 0.6 is 15.9 Å². The van der Waals surface area contributed by atoms with E-state index in [2.05, 4.69) is 21.0 Å². The fraction of sp³-hybridized carbons (Fsp3) is 0.133. The highest BCUT2D eigenvalue weighted by molar-refractivity contribution is 9.10. The van der Waals surface area contributed by atoms with Crippen molar-refractivity contribution in [3.05, 3.63) is 63.8 Å². The molecule has 0 spiro atoms. The van der Waals surface area contributed by atoms with Crippen LogP contribution in [0.5, 0.6) is 0 Å². The van der Waals surface area contributed by atoms with Crippen molar-refractivity contribution in [2.45, 2.75) is 13.3 Å². The zero-order valence-corrected chi connectivity index (χ0v) is 12.5. The average Bonchev–Trinajstić information content (AvgIpc) is 2.47. The first-order valence-corrected chi connectivity index (χ1v) is 6.98. The minimum absolute atomic E-state index is 0.0438. The van der Waals surface area contributed by atoms with Gasteiger partial charge in [-0.25, -0.2) is 0 Å². The summed E-state index contributed by atoms with van der Waals surface area (Å²) in [5.74, 6) is -0.0438. The highest BCUT2D eigenvalue weighted by Gasteiger charge is 2.13. The van der Waals surface area contributed by atoms with Crippen LogP contribution in [0.15, 0.2) is 58.1 Å². The van der Waals surface area contributed by atoms with Gasteiger partial charge in [-0.1, -0.05) is 45.9 Å². The molecule has 2 aromatic rings. The summed E-state index contributed by atoms with van der Waals surface area (Å²) in [4.78, 5) is 12.4. The predicted molar refractivity (Wildman–Crippen MR) is 80.6 cm³/mol. The third kappa shape index (κ3) is 3.30. The van der Waals surface area contributed by atoms with E-state index in [-0.39, 0.29) is 5.78 Å². The number of rotatable bonds is 4. The molecule has 0 aromatic heterocycles. The largest absolute Gasteiger partial charge is 0.594 e. The quantitative estimate of drug-likeness (QED) is 0.343. The number of Topliss-reactive ketones (excluding diaryl/α,β-unsaturated/α-hetero) is 1. The van der Waals surface area contributed by atoms with Gasteiger partial charge in [-0.2, -0.15) is 0 Å². The molecule has 0 saturated carbocycles. The van der Waals surface area contributed by atoms with Crippen LogP contribution in [0.4, 0.5) is 11.4 Å². The van der Waals surface area contributed by atoms with Crippen LogP contribution in [0.3, 0.4) is 0 Å². The summed E-state index contributed by atoms with van der Waals surface area (Å²) in [6, 6.07) is 13.8. The molecule has 20 heavy (non-hydrogen) atoms. The third-order valence-corrected chi connectivity index (χ3v) is 3.25. The number of nitrogens with zero attached hydrogens (tertiary/aromatic N) is 2. The zero-order valence-electron chi connectivity index (χ0n) is 10.9. The summed E-state index contributed by atoms with van der Waals surface area (Å²) < 4.78 is 0.769. The number of ketones is 1. The Bertz CT molecular complexity index is 654. The Morgan fingerprint density at radius 2 is 1.95 bits per heavy atom. The first kappa shape index (κ1) is 14.4. The summed E-state index contributed by atoms with van der Waals surface area (Å²) in [6.07, 6.45) is 0.369. The Morgan fingerprint density at radius 1 is 1.25 bits per heavy atom. The number of carbonyl (C=O) groups excluding carboxylic acids is 1. The number of hydrogen-bond donors (Lipinski definition) is 0. The Hall–Kier alpha value is -2.01. The molecule has 0 aliphatic heterocycles. The van der Waals surface area contributed by atoms with Crippen LogP contribution < -0.4 is 0 Å². The van der Waals surface area contributed by atoms with Crippen LogP contribution in [0, 0.1) is 5.21 Å². The number of benzene rings is 2. The van der Waals surface area contributed by atoms with Gasteiger partial charge in [0.1, 0.15) is 5.69 Å². The fourth-order valence-electron chi connectivity index (χ4n) is 1.72. The Morgan fingerprint density at radius 3 is 2.60 bits per heavy atom. The monoisotopic (exact) mass is 332 g/mol. The molecule has 0 saturated heterocycles. The van der Waals surface area contributed by atoms with Gasteiger partial charge in [0.25, 0.3) is 0 Å². The van der Waals surface area contributed by atoms with Crippen molar-refractivity contribution in [3.8, 4) is 0 Å². The van der Waals surface area contributed by atoms with E-state index in [1.807, 2.05) is 6.07 Å². The second-order valence-corrected chi connectivity index (χ2v) is 5.06. The molecule has 0 aliphatic carbocycles. The molecule has 0 aliphatic rings. The van der Waals surface area contributed by atoms with E-state index in [1.165, 1.54) is 0 Å². The standard InChI is InChI=1S/C15H13BrN2O2/c1-2-15(19)13-9-8-11(16)10-14(13)17-18(20)12-6-4-3-5-7-12/h3-10H,2H2,1H3. The van der Waals surface area contributed by atoms with Crippen LogP contribution in [0.25, 0.3) is 0 Å². The van der Waals surface area contributed by atoms with Crippen LogP contribution in [0.2, 0.25) is 0 Å². The molecule has 0 atom stereocenters. The first-order valence-electron chi connectivity index (χ1n) is 6.18. The van der Waals surface area contributed by atoms with E-state index in [0.29, 0.717) is 28.2 Å². The number of halogens is 1. The molecule has 0 heterocycles. The maximum atomic E-state index is 12.0. The van der Waals surface area contributed by atoms with Crippen LogP contribution in [-0.4, -0.2) is 10.6 Å². The van der Waals surface area contributed by atoms with Gasteiger partial charge in [-0.15, -0.1) is 0 Å². The van der Waals surface area contributed by atoms with Gasteiger partial charge in [0.05, 0.1) is 0 Å². The lowest BCUT2D eigenvalue weighted by molar-refractivity contribution is -0.435. The fourth-order valence-corrected chi connectivity index (χ4v) is 2.07. The molecule has 2 rings (SSSR count). The van der Waals surface area contributed by atoms with Gasteiger partial charge in [0.2, 0.25) is 5.69 Å². The number of carbonyl (C=O) groups is 1. The highest BCUT2D eigenvalue weighted by atomic mass is 79.9. The molecule has 0 N–H and O–H groups in total. The van der Waals surface area contributed by atoms with Crippen molar-refractivity contribution < 1.29 is 9.66 Å². The normalized spacial score (nSPS) is 11.4. The number of hydrogen-bond acceptors (Lipinski definition) is 3. The number of para-hydroxylation sites is 1. The summed E-state index contributed by atoms with van der Waals surface area (Å²) in [7, 11) is 0. The Kier molecular flexibility index (Phi) is 4.63. The molecule has 0 unspecified atom stereocenters. The van der Waals surface area contributed by atoms with Crippen molar-refractivity contribution in [2.24, 2.45) is 5.11 Å². The molecule has 102 valence electrons. The van der Waals surface area contributed by atoms with Crippen LogP contribution in [0.1, 0.15) is 23.7 Å². The van der Waals surface area contributed by atoms with E-state index in [1.54, 1.807) is 49.4 Å². The van der Waals surface area contributed by atoms with E-state index in [9.17, 15) is 10.0 Å². The second kappa shape index (κ2) is 6.43. The number of azo groups is 1.